The van der Waals surface area contributed by atoms with Gasteiger partial charge in [0.1, 0.15) is 10.9 Å². The van der Waals surface area contributed by atoms with Crippen molar-refractivity contribution in [3.8, 4) is 0 Å². The summed E-state index contributed by atoms with van der Waals surface area (Å²) in [5, 5.41) is 0.722. The van der Waals surface area contributed by atoms with Crippen molar-refractivity contribution in [2.45, 2.75) is 17.4 Å². The number of nitrogens with zero attached hydrogens (tertiary/aromatic N) is 2. The number of fused-ring (bicyclic) bond motifs is 1. The Morgan fingerprint density at radius 1 is 1.03 bits per heavy atom. The monoisotopic (exact) mass is 425 g/mol. The molecule has 1 atom stereocenters. The minimum absolute atomic E-state index is 0.0634. The van der Waals surface area contributed by atoms with Crippen molar-refractivity contribution in [1.29, 1.82) is 0 Å². The molecule has 1 N–H and O–H groups in total. The lowest BCUT2D eigenvalue weighted by atomic mass is 10.1. The van der Waals surface area contributed by atoms with E-state index in [9.17, 15) is 13.2 Å². The first-order chi connectivity index (χ1) is 14.5. The highest BCUT2D eigenvalue weighted by Crippen LogP contribution is 2.21. The van der Waals surface area contributed by atoms with Gasteiger partial charge in [0.15, 0.2) is 0 Å². The zero-order chi connectivity index (χ0) is 21.0. The molecule has 4 rings (SSSR count). The van der Waals surface area contributed by atoms with Crippen molar-refractivity contribution in [3.05, 3.63) is 72.4 Å². The fourth-order valence-corrected chi connectivity index (χ4v) is 4.95. The van der Waals surface area contributed by atoms with Crippen LogP contribution in [0.1, 0.15) is 5.56 Å². The van der Waals surface area contributed by atoms with Gasteiger partial charge in [-0.3, -0.25) is 9.78 Å². The Bertz CT molecular complexity index is 1120. The highest BCUT2D eigenvalue weighted by molar-refractivity contribution is 7.89. The van der Waals surface area contributed by atoms with Crippen LogP contribution in [0.5, 0.6) is 0 Å². The molecule has 0 spiro atoms. The molecule has 2 aromatic carbocycles. The average molecular weight is 426 g/mol. The number of ether oxygens (including phenoxy) is 1. The van der Waals surface area contributed by atoms with E-state index in [2.05, 4.69) is 9.71 Å². The van der Waals surface area contributed by atoms with E-state index in [1.54, 1.807) is 23.2 Å². The summed E-state index contributed by atoms with van der Waals surface area (Å²) in [6.45, 7) is 1.79. The minimum atomic E-state index is -3.98. The average Bonchev–Trinajstić information content (AvgIpc) is 2.79. The fraction of sp³-hybridized carbons (Fsp3) is 0.273. The molecule has 0 saturated carbocycles. The van der Waals surface area contributed by atoms with Crippen LogP contribution in [0, 0.1) is 0 Å². The van der Waals surface area contributed by atoms with Gasteiger partial charge in [-0.15, -0.1) is 0 Å². The molecule has 1 saturated heterocycles. The molecule has 1 aliphatic heterocycles. The number of benzene rings is 2. The van der Waals surface area contributed by atoms with E-state index in [-0.39, 0.29) is 17.2 Å². The van der Waals surface area contributed by atoms with Crippen LogP contribution in [0.25, 0.3) is 10.9 Å². The second-order valence-corrected chi connectivity index (χ2v) is 8.81. The van der Waals surface area contributed by atoms with E-state index in [1.807, 2.05) is 42.5 Å². The summed E-state index contributed by atoms with van der Waals surface area (Å²) in [6.07, 6.45) is 1.82. The van der Waals surface area contributed by atoms with Crippen LogP contribution >= 0.6 is 0 Å². The van der Waals surface area contributed by atoms with Gasteiger partial charge in [-0.1, -0.05) is 48.5 Å². The second kappa shape index (κ2) is 8.91. The lowest BCUT2D eigenvalue weighted by Gasteiger charge is -2.30. The van der Waals surface area contributed by atoms with Crippen LogP contribution < -0.4 is 4.72 Å². The standard InChI is InChI=1S/C22H23N3O4S/c26-22(25-12-14-29-15-13-25)19(16-17-6-2-1-3-7-17)24-30(27,28)20-10-4-8-18-9-5-11-23-21(18)20/h1-11,19,24H,12-16H2/t19-/m0/s1. The van der Waals surface area contributed by atoms with Crippen LogP contribution in [0.2, 0.25) is 0 Å². The van der Waals surface area contributed by atoms with E-state index >= 15 is 0 Å². The summed E-state index contributed by atoms with van der Waals surface area (Å²) in [6, 6.07) is 17.0. The van der Waals surface area contributed by atoms with Crippen molar-refractivity contribution >= 4 is 26.8 Å². The molecule has 7 nitrogen and oxygen atoms in total. The molecular weight excluding hydrogens is 402 g/mol. The number of aromatic nitrogens is 1. The summed E-state index contributed by atoms with van der Waals surface area (Å²) in [5.74, 6) is -0.251. The van der Waals surface area contributed by atoms with Gasteiger partial charge in [0, 0.05) is 24.7 Å². The first-order valence-electron chi connectivity index (χ1n) is 9.81. The number of para-hydroxylation sites is 1. The molecule has 3 aromatic rings. The van der Waals surface area contributed by atoms with Gasteiger partial charge < -0.3 is 9.64 Å². The smallest absolute Gasteiger partial charge is 0.243 e. The van der Waals surface area contributed by atoms with Gasteiger partial charge in [-0.05, 0) is 24.1 Å². The Kier molecular flexibility index (Phi) is 6.08. The molecule has 156 valence electrons. The quantitative estimate of drug-likeness (QED) is 0.652. The fourth-order valence-electron chi connectivity index (χ4n) is 3.58. The Morgan fingerprint density at radius 3 is 2.53 bits per heavy atom. The summed E-state index contributed by atoms with van der Waals surface area (Å²) >= 11 is 0. The summed E-state index contributed by atoms with van der Waals surface area (Å²) in [5.41, 5.74) is 1.26. The third kappa shape index (κ3) is 4.51. The first-order valence-corrected chi connectivity index (χ1v) is 11.3. The predicted octanol–water partition coefficient (Wildman–Crippen LogP) is 1.98. The number of hydrogen-bond acceptors (Lipinski definition) is 5. The number of sulfonamides is 1. The maximum absolute atomic E-state index is 13.3. The summed E-state index contributed by atoms with van der Waals surface area (Å²) in [4.78, 5) is 19.2. The van der Waals surface area contributed by atoms with Crippen LogP contribution in [-0.2, 0) is 26.0 Å². The number of pyridine rings is 1. The predicted molar refractivity (Wildman–Crippen MR) is 113 cm³/mol. The Hall–Kier alpha value is -2.81. The zero-order valence-corrected chi connectivity index (χ0v) is 17.2. The summed E-state index contributed by atoms with van der Waals surface area (Å²) in [7, 11) is -3.98. The topological polar surface area (TPSA) is 88.6 Å². The molecule has 1 fully saturated rings. The highest BCUT2D eigenvalue weighted by Gasteiger charge is 2.31. The second-order valence-electron chi connectivity index (χ2n) is 7.13. The number of carbonyl (C=O) groups is 1. The molecule has 0 radical (unpaired) electrons. The zero-order valence-electron chi connectivity index (χ0n) is 16.4. The maximum atomic E-state index is 13.3. The van der Waals surface area contributed by atoms with Gasteiger partial charge in [0.2, 0.25) is 15.9 Å². The van der Waals surface area contributed by atoms with Gasteiger partial charge in [-0.2, -0.15) is 4.72 Å². The van der Waals surface area contributed by atoms with Gasteiger partial charge >= 0.3 is 0 Å². The number of amides is 1. The number of rotatable bonds is 6. The van der Waals surface area contributed by atoms with Crippen molar-refractivity contribution < 1.29 is 17.9 Å². The van der Waals surface area contributed by atoms with E-state index in [4.69, 9.17) is 4.74 Å². The Labute approximate surface area is 175 Å². The number of carbonyl (C=O) groups excluding carboxylic acids is 1. The van der Waals surface area contributed by atoms with Gasteiger partial charge in [0.25, 0.3) is 0 Å². The molecule has 0 bridgehead atoms. The van der Waals surface area contributed by atoms with Crippen molar-refractivity contribution in [2.24, 2.45) is 0 Å². The number of morpholine rings is 1. The Balaban J connectivity index is 1.66. The molecule has 1 aliphatic rings. The largest absolute Gasteiger partial charge is 0.378 e. The molecule has 1 aromatic heterocycles. The van der Waals surface area contributed by atoms with Crippen LogP contribution in [0.4, 0.5) is 0 Å². The van der Waals surface area contributed by atoms with Gasteiger partial charge in [-0.25, -0.2) is 8.42 Å². The lowest BCUT2D eigenvalue weighted by Crippen LogP contribution is -2.52. The lowest BCUT2D eigenvalue weighted by molar-refractivity contribution is -0.137. The minimum Gasteiger partial charge on any atom is -0.378 e. The van der Waals surface area contributed by atoms with E-state index in [1.165, 1.54) is 6.07 Å². The number of hydrogen-bond donors (Lipinski definition) is 1. The normalized spacial score (nSPS) is 15.8. The molecule has 8 heteroatoms. The number of nitrogens with one attached hydrogen (secondary N) is 1. The Morgan fingerprint density at radius 2 is 1.77 bits per heavy atom. The van der Waals surface area contributed by atoms with Crippen LogP contribution in [0.15, 0.2) is 71.8 Å². The molecule has 0 unspecified atom stereocenters. The highest BCUT2D eigenvalue weighted by atomic mass is 32.2. The SMILES string of the molecule is O=C([C@H](Cc1ccccc1)NS(=O)(=O)c1cccc2cccnc12)N1CCOCC1. The van der Waals surface area contributed by atoms with E-state index in [0.29, 0.717) is 31.8 Å². The molecule has 30 heavy (non-hydrogen) atoms. The molecule has 1 amide bonds. The van der Waals surface area contributed by atoms with E-state index in [0.717, 1.165) is 10.9 Å². The van der Waals surface area contributed by atoms with E-state index < -0.39 is 16.1 Å². The van der Waals surface area contributed by atoms with Crippen molar-refractivity contribution in [2.75, 3.05) is 26.3 Å². The first kappa shape index (κ1) is 20.5. The maximum Gasteiger partial charge on any atom is 0.243 e. The van der Waals surface area contributed by atoms with Gasteiger partial charge in [0.05, 0.1) is 18.7 Å². The van der Waals surface area contributed by atoms with Crippen molar-refractivity contribution in [3.63, 3.8) is 0 Å². The molecule has 0 aliphatic carbocycles. The van der Waals surface area contributed by atoms with Crippen LogP contribution in [0.3, 0.4) is 0 Å². The molecule has 2 heterocycles. The third-order valence-corrected chi connectivity index (χ3v) is 6.59. The van der Waals surface area contributed by atoms with Crippen molar-refractivity contribution in [1.82, 2.24) is 14.6 Å². The van der Waals surface area contributed by atoms with Crippen LogP contribution in [-0.4, -0.2) is 56.6 Å². The molecular formula is C22H23N3O4S. The summed E-state index contributed by atoms with van der Waals surface area (Å²) < 4.78 is 34.5. The third-order valence-electron chi connectivity index (χ3n) is 5.09.